The van der Waals surface area contributed by atoms with Crippen molar-refractivity contribution in [2.75, 3.05) is 14.2 Å². The molecule has 1 amide bonds. The average Bonchev–Trinajstić information content (AvgIpc) is 3.03. The fraction of sp³-hybridized carbons (Fsp3) is 0.320. The number of methoxy groups -OCH3 is 2. The lowest BCUT2D eigenvalue weighted by atomic mass is 9.92. The third-order valence-corrected chi connectivity index (χ3v) is 5.36. The van der Waals surface area contributed by atoms with Crippen LogP contribution in [0.1, 0.15) is 47.8 Å². The van der Waals surface area contributed by atoms with Crippen LogP contribution in [0, 0.1) is 5.92 Å². The number of amides is 1. The van der Waals surface area contributed by atoms with Crippen molar-refractivity contribution < 1.29 is 29.0 Å². The number of hydrogen-bond donors (Lipinski definition) is 1. The molecule has 0 aromatic heterocycles. The highest BCUT2D eigenvalue weighted by Gasteiger charge is 2.43. The highest BCUT2D eigenvalue weighted by molar-refractivity contribution is 6.09. The quantitative estimate of drug-likeness (QED) is 0.628. The van der Waals surface area contributed by atoms with Crippen LogP contribution in [-0.4, -0.2) is 41.9 Å². The number of carbonyl (C=O) groups excluding carboxylic acids is 3. The van der Waals surface area contributed by atoms with Gasteiger partial charge in [-0.15, -0.1) is 0 Å². The molecule has 0 bridgehead atoms. The lowest BCUT2D eigenvalue weighted by Gasteiger charge is -2.27. The molecular weight excluding hydrogens is 410 g/mol. The predicted octanol–water partition coefficient (Wildman–Crippen LogP) is 3.99. The number of nitrogens with zero attached hydrogens (tertiary/aromatic N) is 1. The van der Waals surface area contributed by atoms with E-state index in [2.05, 4.69) is 0 Å². The van der Waals surface area contributed by atoms with Gasteiger partial charge in [0.05, 0.1) is 31.4 Å². The second kappa shape index (κ2) is 9.68. The van der Waals surface area contributed by atoms with Crippen molar-refractivity contribution in [3.8, 4) is 5.75 Å². The molecule has 0 aliphatic carbocycles. The van der Waals surface area contributed by atoms with Gasteiger partial charge in [0.15, 0.2) is 11.5 Å². The number of ether oxygens (including phenoxy) is 2. The molecule has 1 unspecified atom stereocenters. The molecule has 168 valence electrons. The number of benzene rings is 2. The van der Waals surface area contributed by atoms with E-state index in [0.29, 0.717) is 16.9 Å². The molecule has 1 aliphatic heterocycles. The summed E-state index contributed by atoms with van der Waals surface area (Å²) in [4.78, 5) is 39.2. The van der Waals surface area contributed by atoms with Crippen LogP contribution in [0.25, 0.3) is 0 Å². The minimum absolute atomic E-state index is 0.0781. The van der Waals surface area contributed by atoms with Crippen molar-refractivity contribution in [3.05, 3.63) is 76.6 Å². The summed E-state index contributed by atoms with van der Waals surface area (Å²) in [6.45, 7) is 3.98. The molecule has 1 heterocycles. The molecule has 0 saturated heterocycles. The Bertz CT molecular complexity index is 1040. The molecule has 0 spiro atoms. The zero-order valence-electron chi connectivity index (χ0n) is 18.6. The maximum atomic E-state index is 13.0. The van der Waals surface area contributed by atoms with Gasteiger partial charge in [-0.2, -0.15) is 0 Å². The van der Waals surface area contributed by atoms with Crippen molar-refractivity contribution in [1.29, 1.82) is 0 Å². The predicted molar refractivity (Wildman–Crippen MR) is 118 cm³/mol. The van der Waals surface area contributed by atoms with Crippen molar-refractivity contribution in [1.82, 2.24) is 4.90 Å². The summed E-state index contributed by atoms with van der Waals surface area (Å²) in [6, 6.07) is 13.0. The number of hydrogen-bond acceptors (Lipinski definition) is 6. The molecule has 7 heteroatoms. The summed E-state index contributed by atoms with van der Waals surface area (Å²) in [6.07, 6.45) is 0.223. The molecule has 1 N–H and O–H groups in total. The summed E-state index contributed by atoms with van der Waals surface area (Å²) in [7, 11) is 2.87. The monoisotopic (exact) mass is 437 g/mol. The van der Waals surface area contributed by atoms with Gasteiger partial charge in [0, 0.05) is 13.0 Å². The van der Waals surface area contributed by atoms with E-state index in [1.165, 1.54) is 12.0 Å². The molecule has 1 atom stereocenters. The third-order valence-electron chi connectivity index (χ3n) is 5.36. The van der Waals surface area contributed by atoms with Crippen molar-refractivity contribution in [2.45, 2.75) is 32.9 Å². The largest absolute Gasteiger partial charge is 0.503 e. The molecule has 3 rings (SSSR count). The Morgan fingerprint density at radius 2 is 1.66 bits per heavy atom. The van der Waals surface area contributed by atoms with Crippen LogP contribution in [0.3, 0.4) is 0 Å². The van der Waals surface area contributed by atoms with E-state index >= 15 is 0 Å². The van der Waals surface area contributed by atoms with Crippen LogP contribution < -0.4 is 4.74 Å². The van der Waals surface area contributed by atoms with Crippen LogP contribution in [0.5, 0.6) is 5.75 Å². The van der Waals surface area contributed by atoms with Crippen LogP contribution in [0.15, 0.2) is 59.9 Å². The standard InChI is InChI=1S/C25H27NO6/c1-15(2)13-20(27)21-22(17-9-11-19(31-3)12-10-17)26(24(29)23(21)28)14-16-5-7-18(8-6-16)25(30)32-4/h5-12,15,22,28H,13-14H2,1-4H3. The summed E-state index contributed by atoms with van der Waals surface area (Å²) in [5.41, 5.74) is 1.95. The lowest BCUT2D eigenvalue weighted by molar-refractivity contribution is -0.130. The van der Waals surface area contributed by atoms with Crippen LogP contribution in [0.4, 0.5) is 0 Å². The number of rotatable bonds is 8. The molecular formula is C25H27NO6. The Hall–Kier alpha value is -3.61. The first-order valence-corrected chi connectivity index (χ1v) is 10.3. The molecule has 1 aliphatic rings. The van der Waals surface area contributed by atoms with Crippen molar-refractivity contribution in [2.24, 2.45) is 5.92 Å². The van der Waals surface area contributed by atoms with Crippen molar-refractivity contribution >= 4 is 17.7 Å². The number of aliphatic hydroxyl groups excluding tert-OH is 1. The smallest absolute Gasteiger partial charge is 0.337 e. The fourth-order valence-electron chi connectivity index (χ4n) is 3.78. The molecule has 0 fully saturated rings. The van der Waals surface area contributed by atoms with Gasteiger partial charge in [0.25, 0.3) is 5.91 Å². The molecule has 0 radical (unpaired) electrons. The van der Waals surface area contributed by atoms with Gasteiger partial charge in [-0.05, 0) is 41.3 Å². The first kappa shape index (κ1) is 23.1. The van der Waals surface area contributed by atoms with Gasteiger partial charge in [0.1, 0.15) is 5.75 Å². The second-order valence-electron chi connectivity index (χ2n) is 8.08. The maximum absolute atomic E-state index is 13.0. The average molecular weight is 437 g/mol. The SMILES string of the molecule is COC(=O)c1ccc(CN2C(=O)C(O)=C(C(=O)CC(C)C)C2c2ccc(OC)cc2)cc1. The first-order valence-electron chi connectivity index (χ1n) is 10.3. The van der Waals surface area contributed by atoms with E-state index in [-0.39, 0.29) is 30.2 Å². The van der Waals surface area contributed by atoms with Gasteiger partial charge < -0.3 is 19.5 Å². The summed E-state index contributed by atoms with van der Waals surface area (Å²) in [5.74, 6) is -1.10. The highest BCUT2D eigenvalue weighted by Crippen LogP contribution is 2.40. The Morgan fingerprint density at radius 3 is 2.19 bits per heavy atom. The van der Waals surface area contributed by atoms with E-state index in [0.717, 1.165) is 5.56 Å². The normalized spacial score (nSPS) is 16.0. The molecule has 0 saturated carbocycles. The molecule has 32 heavy (non-hydrogen) atoms. The Morgan fingerprint density at radius 1 is 1.03 bits per heavy atom. The highest BCUT2D eigenvalue weighted by atomic mass is 16.5. The van der Waals surface area contributed by atoms with E-state index in [9.17, 15) is 19.5 Å². The molecule has 2 aromatic rings. The summed E-state index contributed by atoms with van der Waals surface area (Å²) in [5, 5.41) is 10.7. The molecule has 2 aromatic carbocycles. The Balaban J connectivity index is 1.98. The number of esters is 1. The Kier molecular flexibility index (Phi) is 6.98. The van der Waals surface area contributed by atoms with E-state index in [1.54, 1.807) is 55.6 Å². The zero-order valence-corrected chi connectivity index (χ0v) is 18.6. The van der Waals surface area contributed by atoms with E-state index < -0.39 is 23.7 Å². The minimum atomic E-state index is -0.722. The van der Waals surface area contributed by atoms with Gasteiger partial charge in [0.2, 0.25) is 0 Å². The number of ketones is 1. The number of carbonyl (C=O) groups is 3. The number of Topliss-reactive ketones (excluding diaryl/α,β-unsaturated/α-hetero) is 1. The topological polar surface area (TPSA) is 93.1 Å². The first-order chi connectivity index (χ1) is 15.3. The van der Waals surface area contributed by atoms with Crippen LogP contribution >= 0.6 is 0 Å². The van der Waals surface area contributed by atoms with Gasteiger partial charge >= 0.3 is 5.97 Å². The molecule has 7 nitrogen and oxygen atoms in total. The maximum Gasteiger partial charge on any atom is 0.337 e. The van der Waals surface area contributed by atoms with Crippen molar-refractivity contribution in [3.63, 3.8) is 0 Å². The third kappa shape index (κ3) is 4.66. The second-order valence-corrected chi connectivity index (χ2v) is 8.08. The van der Waals surface area contributed by atoms with Gasteiger partial charge in [-0.3, -0.25) is 9.59 Å². The van der Waals surface area contributed by atoms with E-state index in [4.69, 9.17) is 9.47 Å². The van der Waals surface area contributed by atoms with Crippen LogP contribution in [0.2, 0.25) is 0 Å². The van der Waals surface area contributed by atoms with Crippen LogP contribution in [-0.2, 0) is 20.9 Å². The lowest BCUT2D eigenvalue weighted by Crippen LogP contribution is -2.30. The summed E-state index contributed by atoms with van der Waals surface area (Å²) >= 11 is 0. The number of aliphatic hydroxyl groups is 1. The fourth-order valence-corrected chi connectivity index (χ4v) is 3.78. The zero-order chi connectivity index (χ0) is 23.4. The van der Waals surface area contributed by atoms with E-state index in [1.807, 2.05) is 13.8 Å². The summed E-state index contributed by atoms with van der Waals surface area (Å²) < 4.78 is 9.93. The Labute approximate surface area is 187 Å². The van der Waals surface area contributed by atoms with Gasteiger partial charge in [-0.25, -0.2) is 4.79 Å². The minimum Gasteiger partial charge on any atom is -0.503 e. The van der Waals surface area contributed by atoms with Gasteiger partial charge in [-0.1, -0.05) is 38.1 Å².